The fourth-order valence-electron chi connectivity index (χ4n) is 1.85. The number of hydrogen-bond acceptors (Lipinski definition) is 4. The number of carbonyl (C=O) groups excluding carboxylic acids is 1. The number of hydrogen-bond donors (Lipinski definition) is 1. The second-order valence-corrected chi connectivity index (χ2v) is 5.37. The molecule has 0 unspecified atom stereocenters. The molecule has 2 atom stereocenters. The number of aromatic hydroxyl groups is 1. The first-order chi connectivity index (χ1) is 9.34. The van der Waals surface area contributed by atoms with Gasteiger partial charge in [-0.05, 0) is 31.9 Å². The fourth-order valence-corrected chi connectivity index (χ4v) is 1.85. The monoisotopic (exact) mass is 280 g/mol. The number of phenols is 1. The highest BCUT2D eigenvalue weighted by molar-refractivity contribution is 5.72. The number of aryl methyl sites for hydroxylation is 1. The van der Waals surface area contributed by atoms with E-state index < -0.39 is 5.60 Å². The minimum atomic E-state index is -0.860. The van der Waals surface area contributed by atoms with Crippen molar-refractivity contribution in [3.63, 3.8) is 0 Å². The lowest BCUT2D eigenvalue weighted by atomic mass is 9.94. The molecule has 4 heteroatoms. The summed E-state index contributed by atoms with van der Waals surface area (Å²) < 4.78 is 10.8. The van der Waals surface area contributed by atoms with E-state index in [0.717, 1.165) is 12.0 Å². The van der Waals surface area contributed by atoms with Crippen LogP contribution in [0.25, 0.3) is 0 Å². The van der Waals surface area contributed by atoms with Crippen LogP contribution in [0.2, 0.25) is 0 Å². The Kier molecular flexibility index (Phi) is 5.57. The number of benzene rings is 1. The van der Waals surface area contributed by atoms with Gasteiger partial charge in [0.05, 0.1) is 5.92 Å². The first-order valence-corrected chi connectivity index (χ1v) is 6.86. The SMILES string of the molecule is CC[C@@H](C)C(=O)OC[C@@](C)(OC)c1ccc(C)cc1O. The summed E-state index contributed by atoms with van der Waals surface area (Å²) in [5, 5.41) is 10.1. The van der Waals surface area contributed by atoms with Gasteiger partial charge in [0.25, 0.3) is 0 Å². The van der Waals surface area contributed by atoms with Crippen LogP contribution < -0.4 is 0 Å². The van der Waals surface area contributed by atoms with Gasteiger partial charge >= 0.3 is 5.97 Å². The van der Waals surface area contributed by atoms with E-state index in [2.05, 4.69) is 0 Å². The summed E-state index contributed by atoms with van der Waals surface area (Å²) in [6.45, 7) is 7.53. The molecule has 0 fully saturated rings. The van der Waals surface area contributed by atoms with Crippen LogP contribution in [0.4, 0.5) is 0 Å². The quantitative estimate of drug-likeness (QED) is 0.813. The van der Waals surface area contributed by atoms with Crippen LogP contribution in [0.15, 0.2) is 18.2 Å². The molecule has 1 rings (SSSR count). The highest BCUT2D eigenvalue weighted by Gasteiger charge is 2.31. The highest BCUT2D eigenvalue weighted by Crippen LogP contribution is 2.33. The number of methoxy groups -OCH3 is 1. The number of ether oxygens (including phenoxy) is 2. The Bertz CT molecular complexity index is 470. The number of rotatable bonds is 6. The molecular weight excluding hydrogens is 256 g/mol. The zero-order valence-electron chi connectivity index (χ0n) is 12.9. The maximum Gasteiger partial charge on any atom is 0.308 e. The Balaban J connectivity index is 2.89. The molecule has 1 N–H and O–H groups in total. The van der Waals surface area contributed by atoms with Crippen molar-refractivity contribution in [3.05, 3.63) is 29.3 Å². The normalized spacial score (nSPS) is 15.4. The van der Waals surface area contributed by atoms with Crippen molar-refractivity contribution in [1.82, 2.24) is 0 Å². The Hall–Kier alpha value is -1.55. The predicted octanol–water partition coefficient (Wildman–Crippen LogP) is 3.15. The Morgan fingerprint density at radius 3 is 2.60 bits per heavy atom. The number of phenolic OH excluding ortho intramolecular Hbond substituents is 1. The van der Waals surface area contributed by atoms with Crippen molar-refractivity contribution in [2.24, 2.45) is 5.92 Å². The third-order valence-corrected chi connectivity index (χ3v) is 3.68. The van der Waals surface area contributed by atoms with Crippen molar-refractivity contribution < 1.29 is 19.4 Å². The van der Waals surface area contributed by atoms with E-state index in [9.17, 15) is 9.90 Å². The zero-order valence-corrected chi connectivity index (χ0v) is 12.9. The molecule has 0 spiro atoms. The lowest BCUT2D eigenvalue weighted by molar-refractivity contribution is -0.157. The van der Waals surface area contributed by atoms with E-state index >= 15 is 0 Å². The summed E-state index contributed by atoms with van der Waals surface area (Å²) in [5.41, 5.74) is 0.713. The van der Waals surface area contributed by atoms with E-state index in [1.807, 2.05) is 26.8 Å². The van der Waals surface area contributed by atoms with Gasteiger partial charge in [-0.2, -0.15) is 0 Å². The first-order valence-electron chi connectivity index (χ1n) is 6.86. The summed E-state index contributed by atoms with van der Waals surface area (Å²) in [7, 11) is 1.54. The van der Waals surface area contributed by atoms with Crippen molar-refractivity contribution in [2.45, 2.75) is 39.7 Å². The Morgan fingerprint density at radius 2 is 2.10 bits per heavy atom. The molecule has 0 heterocycles. The van der Waals surface area contributed by atoms with Crippen LogP contribution in [0, 0.1) is 12.8 Å². The minimum Gasteiger partial charge on any atom is -0.508 e. The largest absolute Gasteiger partial charge is 0.508 e. The minimum absolute atomic E-state index is 0.0727. The smallest absolute Gasteiger partial charge is 0.308 e. The van der Waals surface area contributed by atoms with Crippen molar-refractivity contribution in [1.29, 1.82) is 0 Å². The molecule has 1 aromatic carbocycles. The molecule has 20 heavy (non-hydrogen) atoms. The van der Waals surface area contributed by atoms with Gasteiger partial charge in [0, 0.05) is 12.7 Å². The van der Waals surface area contributed by atoms with Gasteiger partial charge in [0.2, 0.25) is 0 Å². The van der Waals surface area contributed by atoms with E-state index in [-0.39, 0.29) is 24.2 Å². The van der Waals surface area contributed by atoms with E-state index in [1.54, 1.807) is 19.1 Å². The molecule has 112 valence electrons. The maximum atomic E-state index is 11.8. The van der Waals surface area contributed by atoms with Crippen LogP contribution in [-0.2, 0) is 19.9 Å². The highest BCUT2D eigenvalue weighted by atomic mass is 16.6. The Morgan fingerprint density at radius 1 is 1.45 bits per heavy atom. The molecule has 0 amide bonds. The van der Waals surface area contributed by atoms with Crippen molar-refractivity contribution in [3.8, 4) is 5.75 Å². The van der Waals surface area contributed by atoms with Crippen LogP contribution in [0.3, 0.4) is 0 Å². The van der Waals surface area contributed by atoms with Crippen LogP contribution >= 0.6 is 0 Å². The molecule has 0 aliphatic carbocycles. The lowest BCUT2D eigenvalue weighted by Crippen LogP contribution is -2.33. The average Bonchev–Trinajstić information content (AvgIpc) is 2.43. The average molecular weight is 280 g/mol. The lowest BCUT2D eigenvalue weighted by Gasteiger charge is -2.29. The predicted molar refractivity (Wildman–Crippen MR) is 77.6 cm³/mol. The zero-order chi connectivity index (χ0) is 15.3. The summed E-state index contributed by atoms with van der Waals surface area (Å²) in [4.78, 5) is 11.8. The summed E-state index contributed by atoms with van der Waals surface area (Å²) in [6.07, 6.45) is 0.734. The summed E-state index contributed by atoms with van der Waals surface area (Å²) in [5.74, 6) is -0.237. The van der Waals surface area contributed by atoms with Crippen LogP contribution in [-0.4, -0.2) is 24.8 Å². The molecular formula is C16H24O4. The fraction of sp³-hybridized carbons (Fsp3) is 0.562. The van der Waals surface area contributed by atoms with Gasteiger partial charge in [-0.3, -0.25) is 4.79 Å². The second kappa shape index (κ2) is 6.75. The molecule has 0 aromatic heterocycles. The molecule has 0 radical (unpaired) electrons. The van der Waals surface area contributed by atoms with Crippen LogP contribution in [0.1, 0.15) is 38.3 Å². The van der Waals surface area contributed by atoms with Gasteiger partial charge in [-0.25, -0.2) is 0 Å². The molecule has 4 nitrogen and oxygen atoms in total. The van der Waals surface area contributed by atoms with E-state index in [0.29, 0.717) is 5.56 Å². The van der Waals surface area contributed by atoms with Crippen LogP contribution in [0.5, 0.6) is 5.75 Å². The van der Waals surface area contributed by atoms with Gasteiger partial charge in [-0.1, -0.05) is 26.0 Å². The molecule has 0 bridgehead atoms. The maximum absolute atomic E-state index is 11.8. The van der Waals surface area contributed by atoms with E-state index in [4.69, 9.17) is 9.47 Å². The molecule has 1 aromatic rings. The second-order valence-electron chi connectivity index (χ2n) is 5.37. The number of esters is 1. The molecule has 0 saturated heterocycles. The van der Waals surface area contributed by atoms with E-state index in [1.165, 1.54) is 7.11 Å². The standard InChI is InChI=1S/C16H24O4/c1-6-12(3)15(18)20-10-16(4,19-5)13-8-7-11(2)9-14(13)17/h7-9,12,17H,6,10H2,1-5H3/t12-,16-/m1/s1. The first kappa shape index (κ1) is 16.5. The topological polar surface area (TPSA) is 55.8 Å². The summed E-state index contributed by atoms with van der Waals surface area (Å²) >= 11 is 0. The molecule has 0 saturated carbocycles. The van der Waals surface area contributed by atoms with Gasteiger partial charge in [0.15, 0.2) is 0 Å². The molecule has 0 aliphatic rings. The number of carbonyl (C=O) groups is 1. The van der Waals surface area contributed by atoms with Crippen molar-refractivity contribution in [2.75, 3.05) is 13.7 Å². The van der Waals surface area contributed by atoms with Gasteiger partial charge in [-0.15, -0.1) is 0 Å². The third kappa shape index (κ3) is 3.73. The molecule has 0 aliphatic heterocycles. The van der Waals surface area contributed by atoms with Gasteiger partial charge in [0.1, 0.15) is 18.0 Å². The van der Waals surface area contributed by atoms with Gasteiger partial charge < -0.3 is 14.6 Å². The summed E-state index contributed by atoms with van der Waals surface area (Å²) in [6, 6.07) is 5.36. The Labute approximate surface area is 120 Å². The van der Waals surface area contributed by atoms with Crippen molar-refractivity contribution >= 4 is 5.97 Å². The third-order valence-electron chi connectivity index (χ3n) is 3.68.